The SMILES string of the molecule is CS[s+]1c(SCC2=C(C(=O)O)N3C(=O)[C@H]([C@@H](C)O)[C@H]3S2)nnc1C(=O)O. The van der Waals surface area contributed by atoms with E-state index in [4.69, 9.17) is 5.11 Å². The zero-order valence-corrected chi connectivity index (χ0v) is 16.7. The van der Waals surface area contributed by atoms with E-state index in [-0.39, 0.29) is 16.5 Å². The highest BCUT2D eigenvalue weighted by atomic mass is 33.1. The molecule has 1 aromatic heterocycles. The number of aromatic carboxylic acids is 1. The van der Waals surface area contributed by atoms with Crippen molar-refractivity contribution in [3.8, 4) is 0 Å². The summed E-state index contributed by atoms with van der Waals surface area (Å²) in [6.45, 7) is 1.51. The first-order chi connectivity index (χ1) is 12.3. The Balaban J connectivity index is 1.81. The molecule has 1 fully saturated rings. The number of nitrogens with zero attached hydrogens (tertiary/aromatic N) is 3. The highest BCUT2D eigenvalue weighted by molar-refractivity contribution is 8.46. The van der Waals surface area contributed by atoms with Gasteiger partial charge < -0.3 is 15.3 Å². The van der Waals surface area contributed by atoms with E-state index < -0.39 is 44.7 Å². The fourth-order valence-electron chi connectivity index (χ4n) is 2.68. The van der Waals surface area contributed by atoms with E-state index in [1.54, 1.807) is 6.26 Å². The van der Waals surface area contributed by atoms with Crippen molar-refractivity contribution >= 4 is 61.7 Å². The van der Waals surface area contributed by atoms with Crippen LogP contribution >= 0.6 is 43.8 Å². The number of aromatic nitrogens is 2. The molecule has 1 saturated heterocycles. The largest absolute Gasteiger partial charge is 0.477 e. The monoisotopic (exact) mass is 436 g/mol. The zero-order chi connectivity index (χ0) is 19.2. The Morgan fingerprint density at radius 2 is 2.04 bits per heavy atom. The molecule has 1 amide bonds. The fraction of sp³-hybridized carbons (Fsp3) is 0.462. The predicted molar refractivity (Wildman–Crippen MR) is 99.2 cm³/mol. The van der Waals surface area contributed by atoms with Crippen molar-refractivity contribution in [3.05, 3.63) is 15.6 Å². The molecule has 2 aliphatic rings. The van der Waals surface area contributed by atoms with Gasteiger partial charge in [-0.3, -0.25) is 9.69 Å². The number of amides is 1. The predicted octanol–water partition coefficient (Wildman–Crippen LogP) is 1.35. The highest BCUT2D eigenvalue weighted by Crippen LogP contribution is 2.52. The van der Waals surface area contributed by atoms with Gasteiger partial charge in [-0.05, 0) is 18.7 Å². The number of fused-ring (bicyclic) bond motifs is 1. The maximum Gasteiger partial charge on any atom is 0.412 e. The van der Waals surface area contributed by atoms with Gasteiger partial charge in [-0.2, -0.15) is 0 Å². The van der Waals surface area contributed by atoms with Crippen molar-refractivity contribution in [1.82, 2.24) is 15.1 Å². The third-order valence-corrected chi connectivity index (χ3v) is 10.6. The van der Waals surface area contributed by atoms with Crippen LogP contribution in [0.2, 0.25) is 0 Å². The molecule has 0 aliphatic carbocycles. The number of rotatable bonds is 7. The summed E-state index contributed by atoms with van der Waals surface area (Å²) in [4.78, 5) is 36.7. The summed E-state index contributed by atoms with van der Waals surface area (Å²) in [5.74, 6) is -3.11. The van der Waals surface area contributed by atoms with Crippen LogP contribution < -0.4 is 0 Å². The van der Waals surface area contributed by atoms with E-state index in [0.717, 1.165) is 0 Å². The average Bonchev–Trinajstić information content (AvgIpc) is 3.11. The molecule has 3 N–H and O–H groups in total. The number of carboxylic acids is 2. The number of thioether (sulfide) groups is 2. The van der Waals surface area contributed by atoms with Crippen LogP contribution in [-0.2, 0) is 9.59 Å². The second-order valence-electron chi connectivity index (χ2n) is 5.36. The molecule has 0 radical (unpaired) electrons. The molecule has 4 atom stereocenters. The number of carbonyl (C=O) groups excluding carboxylic acids is 1. The lowest BCUT2D eigenvalue weighted by Gasteiger charge is -2.43. The number of aliphatic hydroxyl groups is 1. The maximum atomic E-state index is 12.2. The summed E-state index contributed by atoms with van der Waals surface area (Å²) in [6, 6.07) is 0. The minimum Gasteiger partial charge on any atom is -0.477 e. The third kappa shape index (κ3) is 3.11. The number of carboxylic acid groups (broad SMARTS) is 2. The first kappa shape index (κ1) is 19.5. The van der Waals surface area contributed by atoms with Crippen LogP contribution in [-0.4, -0.2) is 71.7 Å². The number of β-lactam (4-membered cyclic amide) rings is 1. The molecule has 9 nitrogen and oxygen atoms in total. The van der Waals surface area contributed by atoms with Gasteiger partial charge in [0.1, 0.15) is 31.4 Å². The summed E-state index contributed by atoms with van der Waals surface area (Å²) in [5, 5.41) is 35.5. The summed E-state index contributed by atoms with van der Waals surface area (Å²) >= 11 is 2.47. The van der Waals surface area contributed by atoms with Crippen molar-refractivity contribution in [2.75, 3.05) is 12.0 Å². The summed E-state index contributed by atoms with van der Waals surface area (Å²) < 4.78 is 0.514. The molecule has 3 rings (SSSR count). The first-order valence-corrected chi connectivity index (χ1v) is 12.1. The number of aliphatic hydroxyl groups excluding tert-OH is 1. The van der Waals surface area contributed by atoms with Crippen LogP contribution in [0.4, 0.5) is 0 Å². The number of hydrogen-bond acceptors (Lipinski definition) is 9. The minimum absolute atomic E-state index is 0.0281. The molecule has 140 valence electrons. The second-order valence-corrected chi connectivity index (χ2v) is 11.4. The van der Waals surface area contributed by atoms with Crippen molar-refractivity contribution in [2.45, 2.75) is 22.7 Å². The van der Waals surface area contributed by atoms with Crippen LogP contribution in [0.5, 0.6) is 0 Å². The number of aliphatic carboxylic acids is 1. The lowest BCUT2D eigenvalue weighted by Crippen LogP contribution is -2.60. The Morgan fingerprint density at radius 1 is 1.35 bits per heavy atom. The van der Waals surface area contributed by atoms with Crippen molar-refractivity contribution in [2.24, 2.45) is 5.92 Å². The molecule has 3 heterocycles. The standard InChI is InChI=1S/C13H13N3O6S4/c1-4(17)6-9(18)16-7(11(19)20)5(25-10(6)16)3-24-13-15-14-8(12(21)22)26(13)23-2/h4,6,10,17H,3H2,1-2H3,(H-,19,20,21,22)/p+1/t4-,6+,10-,26?/m1/s1. The van der Waals surface area contributed by atoms with Gasteiger partial charge in [0, 0.05) is 16.9 Å². The van der Waals surface area contributed by atoms with Gasteiger partial charge >= 0.3 is 21.3 Å². The highest BCUT2D eigenvalue weighted by Gasteiger charge is 2.57. The number of carbonyl (C=O) groups is 3. The third-order valence-electron chi connectivity index (χ3n) is 3.81. The topological polar surface area (TPSA) is 141 Å². The van der Waals surface area contributed by atoms with Crippen molar-refractivity contribution in [1.29, 1.82) is 0 Å². The fourth-order valence-corrected chi connectivity index (χ4v) is 9.07. The molecular weight excluding hydrogens is 422 g/mol. The van der Waals surface area contributed by atoms with Gasteiger partial charge in [-0.15, -0.1) is 11.8 Å². The second kappa shape index (κ2) is 7.38. The van der Waals surface area contributed by atoms with E-state index in [0.29, 0.717) is 9.24 Å². The van der Waals surface area contributed by atoms with Gasteiger partial charge in [-0.25, -0.2) is 9.59 Å². The van der Waals surface area contributed by atoms with Gasteiger partial charge in [0.05, 0.1) is 12.0 Å². The molecule has 0 saturated carbocycles. The van der Waals surface area contributed by atoms with E-state index >= 15 is 0 Å². The number of hydrogen-bond donors (Lipinski definition) is 3. The molecule has 0 bridgehead atoms. The molecule has 1 unspecified atom stereocenters. The van der Waals surface area contributed by atoms with E-state index in [1.807, 2.05) is 0 Å². The molecule has 0 spiro atoms. The lowest BCUT2D eigenvalue weighted by atomic mass is 9.92. The van der Waals surface area contributed by atoms with Crippen molar-refractivity contribution in [3.63, 3.8) is 0 Å². The Hall–Kier alpha value is -1.28. The van der Waals surface area contributed by atoms with E-state index in [1.165, 1.54) is 46.1 Å². The normalized spacial score (nSPS) is 23.7. The van der Waals surface area contributed by atoms with E-state index in [9.17, 15) is 24.6 Å². The molecule has 2 aliphatic heterocycles. The van der Waals surface area contributed by atoms with Gasteiger partial charge in [0.15, 0.2) is 0 Å². The molecular formula is C13H14N3O6S4+. The molecule has 0 aromatic carbocycles. The minimum atomic E-state index is -1.20. The molecule has 13 heteroatoms. The Morgan fingerprint density at radius 3 is 2.58 bits per heavy atom. The molecule has 26 heavy (non-hydrogen) atoms. The summed E-state index contributed by atoms with van der Waals surface area (Å²) in [5.41, 5.74) is -0.0728. The Labute approximate surface area is 162 Å². The van der Waals surface area contributed by atoms with Crippen LogP contribution in [0.25, 0.3) is 0 Å². The summed E-state index contributed by atoms with van der Waals surface area (Å²) in [6.07, 6.45) is 0.902. The van der Waals surface area contributed by atoms with Gasteiger partial charge in [0.25, 0.3) is 0 Å². The van der Waals surface area contributed by atoms with Crippen LogP contribution in [0, 0.1) is 5.92 Å². The lowest BCUT2D eigenvalue weighted by molar-refractivity contribution is -0.156. The van der Waals surface area contributed by atoms with Crippen LogP contribution in [0.1, 0.15) is 16.7 Å². The Kier molecular flexibility index (Phi) is 5.53. The first-order valence-electron chi connectivity index (χ1n) is 7.22. The Bertz CT molecular complexity index is 823. The van der Waals surface area contributed by atoms with Crippen LogP contribution in [0.15, 0.2) is 14.9 Å². The van der Waals surface area contributed by atoms with Crippen molar-refractivity contribution < 1.29 is 29.7 Å². The van der Waals surface area contributed by atoms with Gasteiger partial charge in [-0.1, -0.05) is 10.2 Å². The summed E-state index contributed by atoms with van der Waals surface area (Å²) in [7, 11) is 0.508. The van der Waals surface area contributed by atoms with Crippen LogP contribution in [0.3, 0.4) is 0 Å². The van der Waals surface area contributed by atoms with Gasteiger partial charge in [0.2, 0.25) is 5.91 Å². The average molecular weight is 437 g/mol. The quantitative estimate of drug-likeness (QED) is 0.247. The maximum absolute atomic E-state index is 12.2. The molecule has 1 aromatic rings. The van der Waals surface area contributed by atoms with E-state index in [2.05, 4.69) is 10.2 Å². The smallest absolute Gasteiger partial charge is 0.412 e. The zero-order valence-electron chi connectivity index (χ0n) is 13.5.